The van der Waals surface area contributed by atoms with Gasteiger partial charge in [0.15, 0.2) is 0 Å². The summed E-state index contributed by atoms with van der Waals surface area (Å²) >= 11 is 5.88. The SMILES string of the molecule is O=C(CCCC1CCN(c2ccc(Cl)cc2)CC1)N1CCC[C@H](Nc2ccc(SC(F)(F)F)cc2)C1. The zero-order valence-electron chi connectivity index (χ0n) is 20.3. The molecule has 36 heavy (non-hydrogen) atoms. The van der Waals surface area contributed by atoms with Gasteiger partial charge in [-0.3, -0.25) is 4.79 Å². The van der Waals surface area contributed by atoms with Gasteiger partial charge in [0.05, 0.1) is 0 Å². The van der Waals surface area contributed by atoms with E-state index in [1.807, 2.05) is 17.0 Å². The van der Waals surface area contributed by atoms with Crippen LogP contribution in [-0.4, -0.2) is 48.5 Å². The molecule has 0 bridgehead atoms. The van der Waals surface area contributed by atoms with Crippen LogP contribution < -0.4 is 10.2 Å². The van der Waals surface area contributed by atoms with Gasteiger partial charge in [0.2, 0.25) is 5.91 Å². The van der Waals surface area contributed by atoms with Crippen LogP contribution in [0.5, 0.6) is 0 Å². The normalized spacial score (nSPS) is 19.4. The smallest absolute Gasteiger partial charge is 0.381 e. The van der Waals surface area contributed by atoms with Gasteiger partial charge in [-0.25, -0.2) is 0 Å². The molecule has 2 aliphatic rings. The molecule has 9 heteroatoms. The Morgan fingerprint density at radius 3 is 2.36 bits per heavy atom. The van der Waals surface area contributed by atoms with Crippen molar-refractivity contribution in [3.63, 3.8) is 0 Å². The maximum absolute atomic E-state index is 12.8. The molecule has 0 radical (unpaired) electrons. The monoisotopic (exact) mass is 539 g/mol. The summed E-state index contributed by atoms with van der Waals surface area (Å²) in [6.45, 7) is 3.49. The van der Waals surface area contributed by atoms with E-state index in [1.54, 1.807) is 12.1 Å². The van der Waals surface area contributed by atoms with E-state index in [1.165, 1.54) is 17.8 Å². The minimum Gasteiger partial charge on any atom is -0.381 e. The Hall–Kier alpha value is -2.06. The quantitative estimate of drug-likeness (QED) is 0.354. The molecule has 0 spiro atoms. The van der Waals surface area contributed by atoms with Crippen molar-refractivity contribution in [1.82, 2.24) is 4.90 Å². The number of benzene rings is 2. The van der Waals surface area contributed by atoms with E-state index in [0.717, 1.165) is 68.9 Å². The average molecular weight is 540 g/mol. The van der Waals surface area contributed by atoms with E-state index in [0.29, 0.717) is 18.9 Å². The first-order chi connectivity index (χ1) is 17.2. The Kier molecular flexibility index (Phi) is 9.34. The van der Waals surface area contributed by atoms with E-state index >= 15 is 0 Å². The number of likely N-dealkylation sites (tertiary alicyclic amines) is 1. The highest BCUT2D eigenvalue weighted by atomic mass is 35.5. The molecule has 2 heterocycles. The number of halogens is 4. The lowest BCUT2D eigenvalue weighted by atomic mass is 9.91. The van der Waals surface area contributed by atoms with Crippen LogP contribution >= 0.6 is 23.4 Å². The number of nitrogens with zero attached hydrogens (tertiary/aromatic N) is 2. The first-order valence-corrected chi connectivity index (χ1v) is 13.9. The molecule has 0 aliphatic carbocycles. The number of amides is 1. The largest absolute Gasteiger partial charge is 0.446 e. The van der Waals surface area contributed by atoms with Gasteiger partial charge in [-0.05, 0) is 105 Å². The van der Waals surface area contributed by atoms with Crippen molar-refractivity contribution in [3.8, 4) is 0 Å². The molecule has 1 atom stereocenters. The van der Waals surface area contributed by atoms with Crippen LogP contribution in [0.25, 0.3) is 0 Å². The Bertz CT molecular complexity index is 979. The second-order valence-corrected chi connectivity index (χ2v) is 11.3. The average Bonchev–Trinajstić information content (AvgIpc) is 2.85. The predicted octanol–water partition coefficient (Wildman–Crippen LogP) is 7.44. The number of alkyl halides is 3. The van der Waals surface area contributed by atoms with Crippen LogP contribution in [0.1, 0.15) is 44.9 Å². The summed E-state index contributed by atoms with van der Waals surface area (Å²) < 4.78 is 37.6. The fourth-order valence-corrected chi connectivity index (χ4v) is 5.81. The number of carbonyl (C=O) groups excluding carboxylic acids is 1. The zero-order chi connectivity index (χ0) is 25.5. The first kappa shape index (κ1) is 27.0. The summed E-state index contributed by atoms with van der Waals surface area (Å²) in [4.78, 5) is 17.4. The Labute approximate surface area is 220 Å². The van der Waals surface area contributed by atoms with Crippen molar-refractivity contribution in [2.24, 2.45) is 5.92 Å². The van der Waals surface area contributed by atoms with Crippen LogP contribution in [0.3, 0.4) is 0 Å². The van der Waals surface area contributed by atoms with Gasteiger partial charge in [-0.2, -0.15) is 13.2 Å². The van der Waals surface area contributed by atoms with Gasteiger partial charge in [-0.1, -0.05) is 11.6 Å². The number of nitrogens with one attached hydrogen (secondary N) is 1. The fraction of sp³-hybridized carbons (Fsp3) is 0.519. The second kappa shape index (κ2) is 12.5. The maximum Gasteiger partial charge on any atom is 0.446 e. The van der Waals surface area contributed by atoms with Gasteiger partial charge in [0.25, 0.3) is 0 Å². The number of thioether (sulfide) groups is 1. The van der Waals surface area contributed by atoms with Crippen molar-refractivity contribution in [2.75, 3.05) is 36.4 Å². The van der Waals surface area contributed by atoms with E-state index in [9.17, 15) is 18.0 Å². The molecule has 2 saturated heterocycles. The number of piperidine rings is 2. The topological polar surface area (TPSA) is 35.6 Å². The number of carbonyl (C=O) groups is 1. The molecule has 0 aromatic heterocycles. The fourth-order valence-electron chi connectivity index (χ4n) is 5.14. The summed E-state index contributed by atoms with van der Waals surface area (Å²) in [6.07, 6.45) is 6.73. The van der Waals surface area contributed by atoms with E-state index in [-0.39, 0.29) is 28.6 Å². The highest BCUT2D eigenvalue weighted by Gasteiger charge is 2.29. The van der Waals surface area contributed by atoms with E-state index in [2.05, 4.69) is 22.3 Å². The van der Waals surface area contributed by atoms with E-state index < -0.39 is 5.51 Å². The Morgan fingerprint density at radius 2 is 1.69 bits per heavy atom. The van der Waals surface area contributed by atoms with Crippen molar-refractivity contribution < 1.29 is 18.0 Å². The lowest BCUT2D eigenvalue weighted by molar-refractivity contribution is -0.132. The lowest BCUT2D eigenvalue weighted by Crippen LogP contribution is -2.45. The molecule has 196 valence electrons. The minimum atomic E-state index is -4.28. The molecule has 0 saturated carbocycles. The third-order valence-corrected chi connectivity index (χ3v) is 8.03. The number of hydrogen-bond acceptors (Lipinski definition) is 4. The van der Waals surface area contributed by atoms with Crippen molar-refractivity contribution in [2.45, 2.75) is 61.4 Å². The van der Waals surface area contributed by atoms with Gasteiger partial charge in [0, 0.05) is 59.9 Å². The number of rotatable bonds is 8. The highest BCUT2D eigenvalue weighted by molar-refractivity contribution is 8.00. The molecule has 4 nitrogen and oxygen atoms in total. The van der Waals surface area contributed by atoms with Crippen LogP contribution in [0.4, 0.5) is 24.5 Å². The molecule has 4 rings (SSSR count). The number of hydrogen-bond donors (Lipinski definition) is 1. The molecular weight excluding hydrogens is 507 g/mol. The maximum atomic E-state index is 12.8. The van der Waals surface area contributed by atoms with Gasteiger partial charge in [-0.15, -0.1) is 0 Å². The van der Waals surface area contributed by atoms with Crippen molar-refractivity contribution in [3.05, 3.63) is 53.6 Å². The minimum absolute atomic E-state index is 0.110. The summed E-state index contributed by atoms with van der Waals surface area (Å²) in [6, 6.07) is 14.4. The molecule has 2 aromatic carbocycles. The Balaban J connectivity index is 1.16. The first-order valence-electron chi connectivity index (χ1n) is 12.7. The predicted molar refractivity (Wildman–Crippen MR) is 142 cm³/mol. The third-order valence-electron chi connectivity index (χ3n) is 7.04. The molecular formula is C27H33ClF3N3OS. The van der Waals surface area contributed by atoms with Crippen LogP contribution in [0.15, 0.2) is 53.4 Å². The molecule has 2 fully saturated rings. The van der Waals surface area contributed by atoms with Crippen LogP contribution in [0, 0.1) is 5.92 Å². The van der Waals surface area contributed by atoms with Crippen molar-refractivity contribution in [1.29, 1.82) is 0 Å². The lowest BCUT2D eigenvalue weighted by Gasteiger charge is -2.35. The standard InChI is InChI=1S/C27H33ClF3N3OS/c28-21-6-10-24(11-7-21)33-17-14-20(15-18-33)3-1-5-26(35)34-16-2-4-23(19-34)32-22-8-12-25(13-9-22)36-27(29,30)31/h6-13,20,23,32H,1-5,14-19H2/t23-/m0/s1. The molecule has 0 unspecified atom stereocenters. The number of anilines is 2. The van der Waals surface area contributed by atoms with Gasteiger partial charge in [0.1, 0.15) is 0 Å². The highest BCUT2D eigenvalue weighted by Crippen LogP contribution is 2.37. The summed E-state index contributed by atoms with van der Waals surface area (Å²) in [5.41, 5.74) is -2.28. The van der Waals surface area contributed by atoms with Crippen molar-refractivity contribution >= 4 is 40.6 Å². The van der Waals surface area contributed by atoms with Gasteiger partial charge >= 0.3 is 5.51 Å². The molecule has 1 amide bonds. The molecule has 2 aliphatic heterocycles. The van der Waals surface area contributed by atoms with Gasteiger partial charge < -0.3 is 15.1 Å². The summed E-state index contributed by atoms with van der Waals surface area (Å²) in [5, 5.41) is 4.14. The Morgan fingerprint density at radius 1 is 1.00 bits per heavy atom. The zero-order valence-corrected chi connectivity index (χ0v) is 21.8. The second-order valence-electron chi connectivity index (χ2n) is 9.69. The van der Waals surface area contributed by atoms with E-state index in [4.69, 9.17) is 11.6 Å². The third kappa shape index (κ3) is 8.23. The molecule has 1 N–H and O–H groups in total. The van der Waals surface area contributed by atoms with Crippen LogP contribution in [-0.2, 0) is 4.79 Å². The van der Waals surface area contributed by atoms with Crippen LogP contribution in [0.2, 0.25) is 5.02 Å². The summed E-state index contributed by atoms with van der Waals surface area (Å²) in [7, 11) is 0. The summed E-state index contributed by atoms with van der Waals surface area (Å²) in [5.74, 6) is 0.868. The molecule has 2 aromatic rings.